The molecular formula is C30H31N5O4S. The van der Waals surface area contributed by atoms with Crippen molar-refractivity contribution in [3.8, 4) is 11.5 Å². The highest BCUT2D eigenvalue weighted by atomic mass is 32.2. The van der Waals surface area contributed by atoms with E-state index in [1.807, 2.05) is 68.4 Å². The third-order valence-electron chi connectivity index (χ3n) is 7.63. The van der Waals surface area contributed by atoms with Crippen molar-refractivity contribution in [3.05, 3.63) is 71.9 Å². The Morgan fingerprint density at radius 1 is 1.12 bits per heavy atom. The number of piperidine rings is 1. The molecule has 3 aliphatic heterocycles. The predicted octanol–water partition coefficient (Wildman–Crippen LogP) is 5.28. The van der Waals surface area contributed by atoms with Gasteiger partial charge in [0.2, 0.25) is 11.8 Å². The van der Waals surface area contributed by atoms with E-state index in [2.05, 4.69) is 15.6 Å². The lowest BCUT2D eigenvalue weighted by Crippen LogP contribution is -2.52. The first-order valence-electron chi connectivity index (χ1n) is 13.6. The van der Waals surface area contributed by atoms with Crippen molar-refractivity contribution in [2.75, 3.05) is 18.0 Å². The molecule has 2 N–H and O–H groups in total. The second-order valence-corrected chi connectivity index (χ2v) is 11.4. The minimum absolute atomic E-state index is 0.0728. The van der Waals surface area contributed by atoms with Crippen molar-refractivity contribution < 1.29 is 19.1 Å². The zero-order valence-corrected chi connectivity index (χ0v) is 23.2. The first-order chi connectivity index (χ1) is 19.4. The van der Waals surface area contributed by atoms with E-state index in [9.17, 15) is 14.4 Å². The molecule has 4 heterocycles. The number of pyridine rings is 1. The van der Waals surface area contributed by atoms with Crippen molar-refractivity contribution in [2.24, 2.45) is 5.92 Å². The number of carbonyl (C=O) groups excluding carboxylic acids is 3. The van der Waals surface area contributed by atoms with Crippen LogP contribution in [0.5, 0.6) is 11.5 Å². The van der Waals surface area contributed by atoms with Crippen LogP contribution in [0.4, 0.5) is 16.2 Å². The molecule has 3 aliphatic rings. The molecule has 206 valence electrons. The smallest absolute Gasteiger partial charge is 0.327 e. The third-order valence-corrected chi connectivity index (χ3v) is 8.82. The first-order valence-corrected chi connectivity index (χ1v) is 14.5. The molecule has 9 nitrogen and oxygen atoms in total. The second kappa shape index (κ2) is 10.8. The van der Waals surface area contributed by atoms with Gasteiger partial charge in [-0.15, -0.1) is 0 Å². The number of likely N-dealkylation sites (tertiary alicyclic amines) is 1. The predicted molar refractivity (Wildman–Crippen MR) is 153 cm³/mol. The minimum atomic E-state index is -0.408. The molecule has 0 aliphatic carbocycles. The van der Waals surface area contributed by atoms with Gasteiger partial charge in [-0.2, -0.15) is 0 Å². The topological polar surface area (TPSA) is 104 Å². The van der Waals surface area contributed by atoms with E-state index in [-0.39, 0.29) is 29.1 Å². The van der Waals surface area contributed by atoms with Crippen LogP contribution in [-0.4, -0.2) is 46.2 Å². The van der Waals surface area contributed by atoms with Crippen molar-refractivity contribution in [3.63, 3.8) is 0 Å². The Kier molecular flexibility index (Phi) is 7.10. The van der Waals surface area contributed by atoms with Gasteiger partial charge < -0.3 is 20.3 Å². The average molecular weight is 558 g/mol. The number of carbonyl (C=O) groups is 3. The molecule has 2 aromatic carbocycles. The number of amides is 4. The fourth-order valence-electron chi connectivity index (χ4n) is 5.64. The van der Waals surface area contributed by atoms with Gasteiger partial charge in [-0.25, -0.2) is 9.78 Å². The Morgan fingerprint density at radius 2 is 1.95 bits per heavy atom. The quantitative estimate of drug-likeness (QED) is 0.427. The highest BCUT2D eigenvalue weighted by Crippen LogP contribution is 2.50. The summed E-state index contributed by atoms with van der Waals surface area (Å²) in [5.41, 5.74) is 3.27. The SMILES string of the molecule is CCC(=O)N1CCCC(C(=O)NC2Sc3nccc4c3C2NC(=O)N4c2ccc(Oc3ccccc3)cc2C)C1. The van der Waals surface area contributed by atoms with Crippen molar-refractivity contribution in [1.82, 2.24) is 20.5 Å². The van der Waals surface area contributed by atoms with Gasteiger partial charge in [-0.1, -0.05) is 36.9 Å². The van der Waals surface area contributed by atoms with Crippen LogP contribution in [0.15, 0.2) is 65.8 Å². The highest BCUT2D eigenvalue weighted by molar-refractivity contribution is 8.00. The van der Waals surface area contributed by atoms with Gasteiger partial charge >= 0.3 is 6.03 Å². The van der Waals surface area contributed by atoms with Crippen LogP contribution < -0.4 is 20.3 Å². The van der Waals surface area contributed by atoms with Crippen LogP contribution in [0.3, 0.4) is 0 Å². The molecule has 6 rings (SSSR count). The van der Waals surface area contributed by atoms with E-state index in [1.54, 1.807) is 16.0 Å². The van der Waals surface area contributed by atoms with Crippen LogP contribution in [-0.2, 0) is 9.59 Å². The van der Waals surface area contributed by atoms with Crippen LogP contribution in [0.25, 0.3) is 0 Å². The molecule has 3 atom stereocenters. The van der Waals surface area contributed by atoms with Crippen LogP contribution >= 0.6 is 11.8 Å². The van der Waals surface area contributed by atoms with Gasteiger partial charge in [0, 0.05) is 31.3 Å². The molecule has 0 bridgehead atoms. The van der Waals surface area contributed by atoms with Crippen LogP contribution in [0.2, 0.25) is 0 Å². The lowest BCUT2D eigenvalue weighted by atomic mass is 9.96. The fourth-order valence-corrected chi connectivity index (χ4v) is 6.87. The van der Waals surface area contributed by atoms with Gasteiger partial charge in [0.25, 0.3) is 0 Å². The standard InChI is InChI=1S/C30H31N5O4S/c1-3-24(36)34-15-7-8-19(17-34)27(37)33-29-26-25-23(13-14-31-28(25)40-29)35(30(38)32-26)22-12-11-21(16-18(22)2)39-20-9-5-4-6-10-20/h4-6,9-14,16,19,26,29H,3,7-8,15,17H2,1-2H3,(H,32,38)(H,33,37). The van der Waals surface area contributed by atoms with Crippen LogP contribution in [0.1, 0.15) is 43.4 Å². The molecule has 40 heavy (non-hydrogen) atoms. The first kappa shape index (κ1) is 26.2. The molecule has 1 saturated heterocycles. The minimum Gasteiger partial charge on any atom is -0.457 e. The fraction of sp³-hybridized carbons (Fsp3) is 0.333. The summed E-state index contributed by atoms with van der Waals surface area (Å²) < 4.78 is 5.98. The average Bonchev–Trinajstić information content (AvgIpc) is 3.31. The number of para-hydroxylation sites is 1. The Balaban J connectivity index is 1.22. The summed E-state index contributed by atoms with van der Waals surface area (Å²) in [7, 11) is 0. The van der Waals surface area contributed by atoms with Gasteiger partial charge in [0.1, 0.15) is 21.9 Å². The van der Waals surface area contributed by atoms with E-state index in [4.69, 9.17) is 4.74 Å². The zero-order chi connectivity index (χ0) is 27.8. The van der Waals surface area contributed by atoms with E-state index in [0.29, 0.717) is 25.3 Å². The number of aromatic nitrogens is 1. The molecule has 0 saturated carbocycles. The molecule has 3 unspecified atom stereocenters. The van der Waals surface area contributed by atoms with E-state index in [1.165, 1.54) is 11.8 Å². The lowest BCUT2D eigenvalue weighted by Gasteiger charge is -2.36. The molecule has 3 aromatic rings. The number of urea groups is 1. The van der Waals surface area contributed by atoms with Crippen LogP contribution in [0, 0.1) is 12.8 Å². The summed E-state index contributed by atoms with van der Waals surface area (Å²) in [6, 6.07) is 16.4. The number of anilines is 2. The van der Waals surface area contributed by atoms with Crippen molar-refractivity contribution in [1.29, 1.82) is 0 Å². The monoisotopic (exact) mass is 557 g/mol. The summed E-state index contributed by atoms with van der Waals surface area (Å²) in [5, 5.41) is 6.66. The van der Waals surface area contributed by atoms with E-state index >= 15 is 0 Å². The maximum Gasteiger partial charge on any atom is 0.327 e. The Bertz CT molecular complexity index is 1470. The third kappa shape index (κ3) is 4.88. The molecule has 4 amide bonds. The van der Waals surface area contributed by atoms with Gasteiger partial charge in [0.05, 0.1) is 23.3 Å². The number of thioether (sulfide) groups is 1. The molecule has 1 fully saturated rings. The number of hydrogen-bond acceptors (Lipinski definition) is 6. The number of hydrogen-bond donors (Lipinski definition) is 2. The van der Waals surface area contributed by atoms with E-state index in [0.717, 1.165) is 46.1 Å². The Hall–Kier alpha value is -4.05. The largest absolute Gasteiger partial charge is 0.457 e. The van der Waals surface area contributed by atoms with Crippen molar-refractivity contribution >= 4 is 41.0 Å². The summed E-state index contributed by atoms with van der Waals surface area (Å²) in [6.45, 7) is 4.91. The zero-order valence-electron chi connectivity index (χ0n) is 22.4. The lowest BCUT2D eigenvalue weighted by molar-refractivity contribution is -0.135. The number of rotatable bonds is 6. The Labute approximate surface area is 237 Å². The van der Waals surface area contributed by atoms with Gasteiger partial charge in [-0.3, -0.25) is 14.5 Å². The second-order valence-electron chi connectivity index (χ2n) is 10.3. The normalized spacial score (nSPS) is 21.4. The van der Waals surface area contributed by atoms with Gasteiger partial charge in [-0.05, 0) is 61.7 Å². The summed E-state index contributed by atoms with van der Waals surface area (Å²) in [6.07, 6.45) is 3.67. The highest BCUT2D eigenvalue weighted by Gasteiger charge is 2.45. The maximum absolute atomic E-state index is 13.6. The molecule has 0 radical (unpaired) electrons. The number of nitrogens with zero attached hydrogens (tertiary/aromatic N) is 3. The van der Waals surface area contributed by atoms with E-state index < -0.39 is 6.04 Å². The maximum atomic E-state index is 13.6. The number of nitrogens with one attached hydrogen (secondary N) is 2. The number of aryl methyl sites for hydroxylation is 1. The number of ether oxygens (including phenoxy) is 1. The molecule has 0 spiro atoms. The Morgan fingerprint density at radius 3 is 2.73 bits per heavy atom. The number of benzene rings is 2. The summed E-state index contributed by atoms with van der Waals surface area (Å²) in [4.78, 5) is 47.1. The van der Waals surface area contributed by atoms with Crippen molar-refractivity contribution in [2.45, 2.75) is 49.6 Å². The van der Waals surface area contributed by atoms with Gasteiger partial charge in [0.15, 0.2) is 0 Å². The summed E-state index contributed by atoms with van der Waals surface area (Å²) >= 11 is 1.45. The summed E-state index contributed by atoms with van der Waals surface area (Å²) in [5.74, 6) is 1.13. The molecule has 1 aromatic heterocycles. The molecule has 10 heteroatoms. The molecular weight excluding hydrogens is 526 g/mol.